The zero-order valence-corrected chi connectivity index (χ0v) is 17.5. The van der Waals surface area contributed by atoms with Gasteiger partial charge in [-0.05, 0) is 62.1 Å². The minimum atomic E-state index is -0.301. The molecular formula is C23H28N2O4. The maximum absolute atomic E-state index is 11.5. The highest BCUT2D eigenvalue weighted by Crippen LogP contribution is 2.29. The van der Waals surface area contributed by atoms with Crippen LogP contribution in [0.4, 0.5) is 0 Å². The Morgan fingerprint density at radius 3 is 2.45 bits per heavy atom. The van der Waals surface area contributed by atoms with E-state index in [1.807, 2.05) is 38.1 Å². The van der Waals surface area contributed by atoms with Crippen LogP contribution in [0.2, 0.25) is 0 Å². The Labute approximate surface area is 172 Å². The van der Waals surface area contributed by atoms with E-state index in [1.54, 1.807) is 0 Å². The summed E-state index contributed by atoms with van der Waals surface area (Å²) in [6, 6.07) is 11.5. The summed E-state index contributed by atoms with van der Waals surface area (Å²) in [5, 5.41) is 11.2. The third-order valence-corrected chi connectivity index (χ3v) is 4.50. The molecule has 0 heterocycles. The molecule has 6 heteroatoms. The molecule has 6 nitrogen and oxygen atoms in total. The average molecular weight is 396 g/mol. The lowest BCUT2D eigenvalue weighted by molar-refractivity contribution is -0.120. The van der Waals surface area contributed by atoms with Gasteiger partial charge in [0.05, 0.1) is 12.7 Å². The quantitative estimate of drug-likeness (QED) is 0.614. The lowest BCUT2D eigenvalue weighted by atomic mass is 10.1. The molecule has 1 amide bonds. The second-order valence-corrected chi connectivity index (χ2v) is 6.68. The first kappa shape index (κ1) is 22.1. The van der Waals surface area contributed by atoms with Crippen LogP contribution in [0.3, 0.4) is 0 Å². The van der Waals surface area contributed by atoms with Gasteiger partial charge in [0.2, 0.25) is 5.91 Å². The molecule has 29 heavy (non-hydrogen) atoms. The van der Waals surface area contributed by atoms with Crippen molar-refractivity contribution in [1.82, 2.24) is 5.32 Å². The summed E-state index contributed by atoms with van der Waals surface area (Å²) in [6.45, 7) is 9.68. The van der Waals surface area contributed by atoms with Crippen LogP contribution in [0.25, 0.3) is 0 Å². The minimum absolute atomic E-state index is 0.153. The smallest absolute Gasteiger partial charge is 0.234 e. The van der Waals surface area contributed by atoms with Gasteiger partial charge in [-0.1, -0.05) is 18.2 Å². The molecule has 2 rings (SSSR count). The maximum atomic E-state index is 11.5. The number of amides is 1. The van der Waals surface area contributed by atoms with Crippen LogP contribution in [0.15, 0.2) is 30.3 Å². The number of rotatable bonds is 10. The molecule has 0 spiro atoms. The second kappa shape index (κ2) is 11.0. The number of hydrogen-bond donors (Lipinski definition) is 1. The highest BCUT2D eigenvalue weighted by Gasteiger charge is 2.10. The summed E-state index contributed by atoms with van der Waals surface area (Å²) in [6.07, 6.45) is -0.153. The SMILES string of the molecule is CCOc1cc(CNC(=O)CC#N)ccc1OCCOc1c(C)ccc(C)c1C. The van der Waals surface area contributed by atoms with Gasteiger partial charge in [0.15, 0.2) is 11.5 Å². The Kier molecular flexibility index (Phi) is 8.35. The Hall–Kier alpha value is -3.20. The van der Waals surface area contributed by atoms with E-state index in [-0.39, 0.29) is 12.3 Å². The van der Waals surface area contributed by atoms with Crippen molar-refractivity contribution in [2.75, 3.05) is 19.8 Å². The Bertz CT molecular complexity index is 887. The monoisotopic (exact) mass is 396 g/mol. The zero-order chi connectivity index (χ0) is 21.2. The van der Waals surface area contributed by atoms with E-state index < -0.39 is 0 Å². The predicted molar refractivity (Wildman–Crippen MR) is 111 cm³/mol. The molecule has 0 radical (unpaired) electrons. The number of carbonyl (C=O) groups excluding carboxylic acids is 1. The summed E-state index contributed by atoms with van der Waals surface area (Å²) in [7, 11) is 0. The van der Waals surface area contributed by atoms with Crippen LogP contribution in [-0.2, 0) is 11.3 Å². The van der Waals surface area contributed by atoms with Crippen LogP contribution in [0.1, 0.15) is 35.6 Å². The van der Waals surface area contributed by atoms with Gasteiger partial charge in [0, 0.05) is 6.54 Å². The number of nitrogens with zero attached hydrogens (tertiary/aromatic N) is 1. The number of hydrogen-bond acceptors (Lipinski definition) is 5. The molecule has 0 atom stereocenters. The van der Waals surface area contributed by atoms with Crippen LogP contribution in [0.5, 0.6) is 17.2 Å². The summed E-state index contributed by atoms with van der Waals surface area (Å²) in [4.78, 5) is 11.5. The molecule has 0 saturated carbocycles. The maximum Gasteiger partial charge on any atom is 0.234 e. The van der Waals surface area contributed by atoms with E-state index >= 15 is 0 Å². The fraction of sp³-hybridized carbons (Fsp3) is 0.391. The molecule has 1 N–H and O–H groups in total. The number of nitriles is 1. The van der Waals surface area contributed by atoms with Gasteiger partial charge in [0.25, 0.3) is 0 Å². The van der Waals surface area contributed by atoms with Gasteiger partial charge in [-0.3, -0.25) is 4.79 Å². The van der Waals surface area contributed by atoms with Gasteiger partial charge >= 0.3 is 0 Å². The number of nitrogens with one attached hydrogen (secondary N) is 1. The Morgan fingerprint density at radius 1 is 1.00 bits per heavy atom. The third kappa shape index (κ3) is 6.42. The normalized spacial score (nSPS) is 10.2. The van der Waals surface area contributed by atoms with Gasteiger partial charge in [-0.2, -0.15) is 5.26 Å². The third-order valence-electron chi connectivity index (χ3n) is 4.50. The molecule has 154 valence electrons. The summed E-state index contributed by atoms with van der Waals surface area (Å²) < 4.78 is 17.5. The van der Waals surface area contributed by atoms with E-state index in [0.29, 0.717) is 37.9 Å². The van der Waals surface area contributed by atoms with Crippen LogP contribution < -0.4 is 19.5 Å². The molecule has 2 aromatic rings. The molecule has 0 aliphatic rings. The van der Waals surface area contributed by atoms with Crippen molar-refractivity contribution in [1.29, 1.82) is 5.26 Å². The molecule has 0 aliphatic carbocycles. The van der Waals surface area contributed by atoms with Crippen LogP contribution in [-0.4, -0.2) is 25.7 Å². The van der Waals surface area contributed by atoms with Gasteiger partial charge < -0.3 is 19.5 Å². The van der Waals surface area contributed by atoms with Crippen molar-refractivity contribution in [3.63, 3.8) is 0 Å². The van der Waals surface area contributed by atoms with Crippen molar-refractivity contribution < 1.29 is 19.0 Å². The fourth-order valence-electron chi connectivity index (χ4n) is 2.83. The first-order chi connectivity index (χ1) is 14.0. The Morgan fingerprint density at radius 2 is 1.72 bits per heavy atom. The van der Waals surface area contributed by atoms with Gasteiger partial charge in [-0.15, -0.1) is 0 Å². The largest absolute Gasteiger partial charge is 0.490 e. The van der Waals surface area contributed by atoms with Crippen molar-refractivity contribution in [3.8, 4) is 23.3 Å². The average Bonchev–Trinajstić information content (AvgIpc) is 2.70. The molecule has 2 aromatic carbocycles. The topological polar surface area (TPSA) is 80.6 Å². The Balaban J connectivity index is 1.95. The van der Waals surface area contributed by atoms with Gasteiger partial charge in [-0.25, -0.2) is 0 Å². The van der Waals surface area contributed by atoms with Crippen LogP contribution >= 0.6 is 0 Å². The molecule has 0 bridgehead atoms. The zero-order valence-electron chi connectivity index (χ0n) is 17.5. The molecular weight excluding hydrogens is 368 g/mol. The van der Waals surface area contributed by atoms with Gasteiger partial charge in [0.1, 0.15) is 25.4 Å². The first-order valence-corrected chi connectivity index (χ1v) is 9.68. The second-order valence-electron chi connectivity index (χ2n) is 6.68. The van der Waals surface area contributed by atoms with Crippen LogP contribution in [0, 0.1) is 32.1 Å². The first-order valence-electron chi connectivity index (χ1n) is 9.68. The highest BCUT2D eigenvalue weighted by atomic mass is 16.5. The molecule has 0 fully saturated rings. The standard InChI is InChI=1S/C23H28N2O4/c1-5-27-21-14-19(15-25-22(26)10-11-24)8-9-20(21)28-12-13-29-23-17(3)7-6-16(2)18(23)4/h6-9,14H,5,10,12-13,15H2,1-4H3,(H,25,26). The van der Waals surface area contributed by atoms with Crippen molar-refractivity contribution in [2.45, 2.75) is 40.7 Å². The van der Waals surface area contributed by atoms with E-state index in [2.05, 4.69) is 31.3 Å². The minimum Gasteiger partial charge on any atom is -0.490 e. The van der Waals surface area contributed by atoms with E-state index in [9.17, 15) is 4.79 Å². The van der Waals surface area contributed by atoms with E-state index in [1.165, 1.54) is 5.56 Å². The molecule has 0 aromatic heterocycles. The van der Waals surface area contributed by atoms with E-state index in [4.69, 9.17) is 19.5 Å². The van der Waals surface area contributed by atoms with Crippen molar-refractivity contribution >= 4 is 5.91 Å². The predicted octanol–water partition coefficient (Wildman–Crippen LogP) is 4.00. The van der Waals surface area contributed by atoms with Crippen molar-refractivity contribution in [3.05, 3.63) is 52.6 Å². The summed E-state index contributed by atoms with van der Waals surface area (Å²) in [5.74, 6) is 1.84. The molecule has 0 aliphatic heterocycles. The number of aryl methyl sites for hydroxylation is 2. The fourth-order valence-corrected chi connectivity index (χ4v) is 2.83. The summed E-state index contributed by atoms with van der Waals surface area (Å²) >= 11 is 0. The number of ether oxygens (including phenoxy) is 3. The number of benzene rings is 2. The number of carbonyl (C=O) groups is 1. The highest BCUT2D eigenvalue weighted by molar-refractivity contribution is 5.77. The molecule has 0 unspecified atom stereocenters. The lowest BCUT2D eigenvalue weighted by Crippen LogP contribution is -2.21. The van der Waals surface area contributed by atoms with Crippen molar-refractivity contribution in [2.24, 2.45) is 0 Å². The van der Waals surface area contributed by atoms with E-state index in [0.717, 1.165) is 22.4 Å². The summed E-state index contributed by atoms with van der Waals surface area (Å²) in [5.41, 5.74) is 4.31. The molecule has 0 saturated heterocycles. The lowest BCUT2D eigenvalue weighted by Gasteiger charge is -2.16.